The minimum atomic E-state index is 0.240. The molecule has 2 aromatic rings. The Kier molecular flexibility index (Phi) is 7.84. The molecule has 0 fully saturated rings. The van der Waals surface area contributed by atoms with Crippen LogP contribution >= 0.6 is 0 Å². The topological polar surface area (TPSA) is 30.2 Å². The second kappa shape index (κ2) is 10.1. The van der Waals surface area contributed by atoms with Crippen molar-refractivity contribution < 1.29 is 9.21 Å². The van der Waals surface area contributed by atoms with Gasteiger partial charge in [0.2, 0.25) is 0 Å². The quantitative estimate of drug-likeness (QED) is 0.662. The van der Waals surface area contributed by atoms with Gasteiger partial charge in [-0.25, -0.2) is 0 Å². The molecule has 1 aromatic heterocycles. The van der Waals surface area contributed by atoms with E-state index < -0.39 is 0 Å². The van der Waals surface area contributed by atoms with E-state index in [-0.39, 0.29) is 5.78 Å². The minimum absolute atomic E-state index is 0.240. The molecule has 0 saturated heterocycles. The van der Waals surface area contributed by atoms with Gasteiger partial charge in [-0.3, -0.25) is 4.79 Å². The first-order valence-electron chi connectivity index (χ1n) is 9.96. The molecule has 1 aromatic carbocycles. The fourth-order valence-corrected chi connectivity index (χ4v) is 3.19. The van der Waals surface area contributed by atoms with Gasteiger partial charge >= 0.3 is 0 Å². The summed E-state index contributed by atoms with van der Waals surface area (Å²) in [4.78, 5) is 11.9. The average Bonchev–Trinajstić information content (AvgIpc) is 3.00. The molecular formula is C25H32O2. The van der Waals surface area contributed by atoms with Gasteiger partial charge in [0.1, 0.15) is 11.2 Å². The Morgan fingerprint density at radius 3 is 2.59 bits per heavy atom. The molecule has 0 radical (unpaired) electrons. The van der Waals surface area contributed by atoms with Gasteiger partial charge in [0.05, 0.1) is 6.26 Å². The Morgan fingerprint density at radius 2 is 1.93 bits per heavy atom. The van der Waals surface area contributed by atoms with Crippen LogP contribution in [0.15, 0.2) is 40.5 Å². The summed E-state index contributed by atoms with van der Waals surface area (Å²) in [6.45, 7) is 10.5. The van der Waals surface area contributed by atoms with Crippen LogP contribution in [0.4, 0.5) is 0 Å². The number of allylic oxidation sites excluding steroid dienone is 2. The molecule has 0 aliphatic carbocycles. The predicted octanol–water partition coefficient (Wildman–Crippen LogP) is 4.97. The van der Waals surface area contributed by atoms with Crippen molar-refractivity contribution in [1.29, 1.82) is 0 Å². The summed E-state index contributed by atoms with van der Waals surface area (Å²) in [6.07, 6.45) is 12.1. The lowest BCUT2D eigenvalue weighted by Gasteiger charge is -2.07. The van der Waals surface area contributed by atoms with E-state index in [0.29, 0.717) is 12.8 Å². The Morgan fingerprint density at radius 1 is 1.15 bits per heavy atom. The maximum atomic E-state index is 11.9. The van der Waals surface area contributed by atoms with Crippen LogP contribution in [0.5, 0.6) is 0 Å². The fraction of sp³-hybridized carbons (Fsp3) is 0.400. The number of carbonyl (C=O) groups excluding carboxylic acids is 1. The fourth-order valence-electron chi connectivity index (χ4n) is 3.19. The number of rotatable bonds is 8. The minimum Gasteiger partial charge on any atom is -0.464 e. The standard InChI is InChI=1S/C25H32O2/c1-6-8-25-24(22(17-27-25)16-23(26)7-2)14-11-18(3)9-12-21-13-10-19(4)15-20(21)5/h8,10-11,13-15,17H,6-7,9,12,16H2,1-5H3/b18-11+,24-14-,25-8-. The molecule has 0 unspecified atom stereocenters. The van der Waals surface area contributed by atoms with Crippen molar-refractivity contribution >= 4 is 17.9 Å². The Balaban J connectivity index is 2.22. The molecule has 0 amide bonds. The van der Waals surface area contributed by atoms with Crippen LogP contribution in [0.3, 0.4) is 0 Å². The van der Waals surface area contributed by atoms with Crippen LogP contribution in [-0.2, 0) is 17.6 Å². The smallest absolute Gasteiger partial charge is 0.137 e. The second-order valence-corrected chi connectivity index (χ2v) is 7.33. The van der Waals surface area contributed by atoms with E-state index in [2.05, 4.69) is 64.1 Å². The first kappa shape index (κ1) is 21.0. The van der Waals surface area contributed by atoms with E-state index in [9.17, 15) is 4.79 Å². The first-order valence-corrected chi connectivity index (χ1v) is 9.96. The van der Waals surface area contributed by atoms with Crippen LogP contribution in [0, 0.1) is 13.8 Å². The SMILES string of the molecule is CC\C=c1/occ(CC(=O)CC)/c1=C/C=C(\C)CCc1ccc(C)cc1C. The molecule has 1 heterocycles. The molecule has 0 aliphatic rings. The van der Waals surface area contributed by atoms with Gasteiger partial charge in [-0.05, 0) is 57.2 Å². The first-order chi connectivity index (χ1) is 12.9. The monoisotopic (exact) mass is 364 g/mol. The number of hydrogen-bond donors (Lipinski definition) is 0. The average molecular weight is 365 g/mol. The lowest BCUT2D eigenvalue weighted by molar-refractivity contribution is -0.118. The van der Waals surface area contributed by atoms with Crippen molar-refractivity contribution in [3.8, 4) is 0 Å². The van der Waals surface area contributed by atoms with Gasteiger partial charge in [-0.15, -0.1) is 0 Å². The van der Waals surface area contributed by atoms with Crippen LogP contribution in [0.2, 0.25) is 0 Å². The number of hydrogen-bond acceptors (Lipinski definition) is 2. The molecule has 0 bridgehead atoms. The summed E-state index contributed by atoms with van der Waals surface area (Å²) < 4.78 is 5.70. The largest absolute Gasteiger partial charge is 0.464 e. The summed E-state index contributed by atoms with van der Waals surface area (Å²) in [5, 5.41) is 1.05. The second-order valence-electron chi connectivity index (χ2n) is 7.33. The third-order valence-corrected chi connectivity index (χ3v) is 4.93. The Bertz CT molecular complexity index is 926. The van der Waals surface area contributed by atoms with Crippen molar-refractivity contribution in [3.05, 3.63) is 69.0 Å². The zero-order valence-electron chi connectivity index (χ0n) is 17.4. The van der Waals surface area contributed by atoms with Crippen molar-refractivity contribution in [2.45, 2.75) is 66.7 Å². The van der Waals surface area contributed by atoms with Gasteiger partial charge in [0, 0.05) is 23.6 Å². The van der Waals surface area contributed by atoms with E-state index >= 15 is 0 Å². The van der Waals surface area contributed by atoms with E-state index in [1.807, 2.05) is 6.92 Å². The molecule has 2 rings (SSSR count). The van der Waals surface area contributed by atoms with E-state index in [1.165, 1.54) is 22.3 Å². The van der Waals surface area contributed by atoms with Gasteiger partial charge < -0.3 is 4.42 Å². The highest BCUT2D eigenvalue weighted by Crippen LogP contribution is 2.15. The maximum absolute atomic E-state index is 11.9. The van der Waals surface area contributed by atoms with Gasteiger partial charge in [-0.2, -0.15) is 0 Å². The van der Waals surface area contributed by atoms with E-state index in [0.717, 1.165) is 35.5 Å². The van der Waals surface area contributed by atoms with E-state index in [1.54, 1.807) is 6.26 Å². The molecule has 27 heavy (non-hydrogen) atoms. The maximum Gasteiger partial charge on any atom is 0.137 e. The molecule has 0 N–H and O–H groups in total. The number of Topliss-reactive ketones (excluding diaryl/α,β-unsaturated/α-hetero) is 1. The summed E-state index contributed by atoms with van der Waals surface area (Å²) in [5.41, 5.74) is 7.26. The van der Waals surface area contributed by atoms with Crippen LogP contribution in [0.1, 0.15) is 62.3 Å². The third kappa shape index (κ3) is 6.09. The normalized spacial score (nSPS) is 13.4. The molecule has 0 spiro atoms. The van der Waals surface area contributed by atoms with Crippen molar-refractivity contribution in [1.82, 2.24) is 0 Å². The molecule has 2 nitrogen and oxygen atoms in total. The third-order valence-electron chi connectivity index (χ3n) is 4.93. The Hall–Kier alpha value is -2.35. The summed E-state index contributed by atoms with van der Waals surface area (Å²) in [5.74, 6) is 0.240. The zero-order chi connectivity index (χ0) is 19.8. The van der Waals surface area contributed by atoms with Crippen LogP contribution < -0.4 is 10.6 Å². The van der Waals surface area contributed by atoms with Gasteiger partial charge in [-0.1, -0.05) is 55.3 Å². The van der Waals surface area contributed by atoms with Crippen molar-refractivity contribution in [2.75, 3.05) is 0 Å². The van der Waals surface area contributed by atoms with Gasteiger partial charge in [0.15, 0.2) is 0 Å². The lowest BCUT2D eigenvalue weighted by atomic mass is 9.99. The number of furan rings is 1. The molecular weight excluding hydrogens is 332 g/mol. The number of ketones is 1. The van der Waals surface area contributed by atoms with Crippen molar-refractivity contribution in [2.24, 2.45) is 0 Å². The van der Waals surface area contributed by atoms with Crippen molar-refractivity contribution in [3.63, 3.8) is 0 Å². The summed E-state index contributed by atoms with van der Waals surface area (Å²) in [7, 11) is 0. The molecule has 0 aliphatic heterocycles. The summed E-state index contributed by atoms with van der Waals surface area (Å²) in [6, 6.07) is 6.67. The molecule has 144 valence electrons. The predicted molar refractivity (Wildman–Crippen MR) is 114 cm³/mol. The summed E-state index contributed by atoms with van der Waals surface area (Å²) >= 11 is 0. The zero-order valence-corrected chi connectivity index (χ0v) is 17.4. The van der Waals surface area contributed by atoms with Gasteiger partial charge in [0.25, 0.3) is 0 Å². The lowest BCUT2D eigenvalue weighted by Crippen LogP contribution is -2.24. The van der Waals surface area contributed by atoms with Crippen LogP contribution in [0.25, 0.3) is 12.2 Å². The molecule has 2 heteroatoms. The molecule has 0 saturated carbocycles. The number of aryl methyl sites for hydroxylation is 3. The molecule has 0 atom stereocenters. The van der Waals surface area contributed by atoms with Crippen LogP contribution in [-0.4, -0.2) is 5.78 Å². The highest BCUT2D eigenvalue weighted by Gasteiger charge is 2.06. The number of benzene rings is 1. The number of carbonyl (C=O) groups is 1. The Labute approximate surface area is 163 Å². The highest BCUT2D eigenvalue weighted by atomic mass is 16.3. The highest BCUT2D eigenvalue weighted by molar-refractivity contribution is 5.80. The van der Waals surface area contributed by atoms with E-state index in [4.69, 9.17) is 4.42 Å².